The van der Waals surface area contributed by atoms with Crippen LogP contribution in [-0.4, -0.2) is 25.0 Å². The standard InChI is InChI=1S/C13H16FN/c1-10-3-4-12(9-13(10)14)11-5-7-15(2)8-6-11/h3-5,9H,6-8H2,1-2H3. The minimum Gasteiger partial charge on any atom is -0.302 e. The van der Waals surface area contributed by atoms with Gasteiger partial charge in [-0.3, -0.25) is 0 Å². The summed E-state index contributed by atoms with van der Waals surface area (Å²) in [4.78, 5) is 2.26. The van der Waals surface area contributed by atoms with Crippen LogP contribution in [0.2, 0.25) is 0 Å². The topological polar surface area (TPSA) is 3.24 Å². The molecule has 0 fully saturated rings. The van der Waals surface area contributed by atoms with E-state index >= 15 is 0 Å². The smallest absolute Gasteiger partial charge is 0.126 e. The first-order valence-electron chi connectivity index (χ1n) is 5.31. The molecule has 0 bridgehead atoms. The number of benzene rings is 1. The third-order valence-corrected chi connectivity index (χ3v) is 2.95. The van der Waals surface area contributed by atoms with E-state index in [0.29, 0.717) is 5.56 Å². The van der Waals surface area contributed by atoms with E-state index in [9.17, 15) is 4.39 Å². The van der Waals surface area contributed by atoms with E-state index in [4.69, 9.17) is 0 Å². The number of hydrogen-bond acceptors (Lipinski definition) is 1. The maximum Gasteiger partial charge on any atom is 0.126 e. The molecule has 1 aromatic rings. The number of halogens is 1. The highest BCUT2D eigenvalue weighted by Gasteiger charge is 2.10. The normalized spacial score (nSPS) is 17.7. The molecular formula is C13H16FN. The van der Waals surface area contributed by atoms with Crippen molar-refractivity contribution < 1.29 is 4.39 Å². The monoisotopic (exact) mass is 205 g/mol. The Morgan fingerprint density at radius 1 is 1.33 bits per heavy atom. The predicted molar refractivity (Wildman–Crippen MR) is 61.2 cm³/mol. The number of aryl methyl sites for hydroxylation is 1. The Labute approximate surface area is 90.2 Å². The Morgan fingerprint density at radius 3 is 2.73 bits per heavy atom. The third-order valence-electron chi connectivity index (χ3n) is 2.95. The molecule has 1 aromatic carbocycles. The summed E-state index contributed by atoms with van der Waals surface area (Å²) < 4.78 is 13.4. The molecule has 0 aromatic heterocycles. The molecular weight excluding hydrogens is 189 g/mol. The molecule has 1 aliphatic rings. The van der Waals surface area contributed by atoms with Crippen LogP contribution < -0.4 is 0 Å². The van der Waals surface area contributed by atoms with Crippen LogP contribution in [0, 0.1) is 12.7 Å². The fraction of sp³-hybridized carbons (Fsp3) is 0.385. The van der Waals surface area contributed by atoms with Crippen LogP contribution in [0.3, 0.4) is 0 Å². The first kappa shape index (κ1) is 10.4. The molecule has 1 nitrogen and oxygen atoms in total. The van der Waals surface area contributed by atoms with Crippen molar-refractivity contribution in [2.45, 2.75) is 13.3 Å². The van der Waals surface area contributed by atoms with E-state index < -0.39 is 0 Å². The van der Waals surface area contributed by atoms with Gasteiger partial charge in [0.2, 0.25) is 0 Å². The second-order valence-electron chi connectivity index (χ2n) is 4.21. The Hall–Kier alpha value is -1.15. The van der Waals surface area contributed by atoms with Gasteiger partial charge in [-0.1, -0.05) is 18.2 Å². The van der Waals surface area contributed by atoms with E-state index in [1.54, 1.807) is 13.0 Å². The van der Waals surface area contributed by atoms with Gasteiger partial charge in [0.25, 0.3) is 0 Å². The van der Waals surface area contributed by atoms with Gasteiger partial charge in [0.05, 0.1) is 0 Å². The molecule has 0 saturated heterocycles. The van der Waals surface area contributed by atoms with Crippen LogP contribution in [0.15, 0.2) is 24.3 Å². The lowest BCUT2D eigenvalue weighted by molar-refractivity contribution is 0.370. The van der Waals surface area contributed by atoms with Gasteiger partial charge >= 0.3 is 0 Å². The molecule has 1 aliphatic heterocycles. The van der Waals surface area contributed by atoms with E-state index in [2.05, 4.69) is 18.0 Å². The van der Waals surface area contributed by atoms with Crippen LogP contribution in [-0.2, 0) is 0 Å². The van der Waals surface area contributed by atoms with Crippen molar-refractivity contribution in [3.05, 3.63) is 41.2 Å². The van der Waals surface area contributed by atoms with Gasteiger partial charge in [0.15, 0.2) is 0 Å². The van der Waals surface area contributed by atoms with Crippen molar-refractivity contribution in [3.8, 4) is 0 Å². The minimum absolute atomic E-state index is 0.104. The van der Waals surface area contributed by atoms with E-state index in [1.165, 1.54) is 5.57 Å². The van der Waals surface area contributed by atoms with Crippen molar-refractivity contribution in [1.82, 2.24) is 4.90 Å². The molecule has 0 unspecified atom stereocenters. The molecule has 0 aliphatic carbocycles. The Kier molecular flexibility index (Phi) is 2.87. The summed E-state index contributed by atoms with van der Waals surface area (Å²) >= 11 is 0. The largest absolute Gasteiger partial charge is 0.302 e. The molecule has 0 atom stereocenters. The van der Waals surface area contributed by atoms with Crippen molar-refractivity contribution >= 4 is 5.57 Å². The fourth-order valence-corrected chi connectivity index (χ4v) is 1.83. The van der Waals surface area contributed by atoms with Gasteiger partial charge in [-0.15, -0.1) is 0 Å². The van der Waals surface area contributed by atoms with Gasteiger partial charge in [0, 0.05) is 13.1 Å². The number of nitrogens with zero attached hydrogens (tertiary/aromatic N) is 1. The van der Waals surface area contributed by atoms with Gasteiger partial charge in [-0.05, 0) is 43.2 Å². The lowest BCUT2D eigenvalue weighted by atomic mass is 9.98. The zero-order valence-corrected chi connectivity index (χ0v) is 9.26. The molecule has 80 valence electrons. The van der Waals surface area contributed by atoms with Crippen molar-refractivity contribution in [2.75, 3.05) is 20.1 Å². The minimum atomic E-state index is -0.104. The van der Waals surface area contributed by atoms with Crippen LogP contribution in [0.1, 0.15) is 17.5 Å². The van der Waals surface area contributed by atoms with Crippen LogP contribution in [0.4, 0.5) is 4.39 Å². The summed E-state index contributed by atoms with van der Waals surface area (Å²) in [5.74, 6) is -0.104. The summed E-state index contributed by atoms with van der Waals surface area (Å²) in [6.07, 6.45) is 3.20. The SMILES string of the molecule is Cc1ccc(C2=CCN(C)CC2)cc1F. The molecule has 2 rings (SSSR count). The van der Waals surface area contributed by atoms with Crippen molar-refractivity contribution in [1.29, 1.82) is 0 Å². The fourth-order valence-electron chi connectivity index (χ4n) is 1.83. The van der Waals surface area contributed by atoms with Crippen LogP contribution >= 0.6 is 0 Å². The average molecular weight is 205 g/mol. The highest BCUT2D eigenvalue weighted by Crippen LogP contribution is 2.23. The van der Waals surface area contributed by atoms with E-state index in [1.807, 2.05) is 12.1 Å². The maximum atomic E-state index is 13.4. The van der Waals surface area contributed by atoms with Gasteiger partial charge in [-0.2, -0.15) is 0 Å². The highest BCUT2D eigenvalue weighted by atomic mass is 19.1. The van der Waals surface area contributed by atoms with Crippen LogP contribution in [0.5, 0.6) is 0 Å². The molecule has 0 saturated carbocycles. The molecule has 0 N–H and O–H groups in total. The number of hydrogen-bond donors (Lipinski definition) is 0. The van der Waals surface area contributed by atoms with Gasteiger partial charge < -0.3 is 4.90 Å². The summed E-state index contributed by atoms with van der Waals surface area (Å²) in [5, 5.41) is 0. The Morgan fingerprint density at radius 2 is 2.13 bits per heavy atom. The summed E-state index contributed by atoms with van der Waals surface area (Å²) in [6.45, 7) is 3.81. The van der Waals surface area contributed by atoms with Crippen molar-refractivity contribution in [2.24, 2.45) is 0 Å². The van der Waals surface area contributed by atoms with Crippen molar-refractivity contribution in [3.63, 3.8) is 0 Å². The second-order valence-corrected chi connectivity index (χ2v) is 4.21. The average Bonchev–Trinajstić information content (AvgIpc) is 2.23. The quantitative estimate of drug-likeness (QED) is 0.681. The summed E-state index contributed by atoms with van der Waals surface area (Å²) in [6, 6.07) is 5.51. The zero-order valence-electron chi connectivity index (χ0n) is 9.26. The molecule has 0 radical (unpaired) electrons. The molecule has 0 spiro atoms. The molecule has 15 heavy (non-hydrogen) atoms. The Balaban J connectivity index is 2.26. The molecule has 0 amide bonds. The first-order chi connectivity index (χ1) is 7.16. The maximum absolute atomic E-state index is 13.4. The predicted octanol–water partition coefficient (Wildman–Crippen LogP) is 2.85. The molecule has 1 heterocycles. The molecule has 2 heteroatoms. The van der Waals surface area contributed by atoms with Crippen LogP contribution in [0.25, 0.3) is 5.57 Å². The van der Waals surface area contributed by atoms with Gasteiger partial charge in [-0.25, -0.2) is 4.39 Å². The first-order valence-corrected chi connectivity index (χ1v) is 5.31. The number of rotatable bonds is 1. The zero-order chi connectivity index (χ0) is 10.8. The lowest BCUT2D eigenvalue weighted by Gasteiger charge is -2.22. The van der Waals surface area contributed by atoms with E-state index in [0.717, 1.165) is 25.1 Å². The third kappa shape index (κ3) is 2.26. The van der Waals surface area contributed by atoms with E-state index in [-0.39, 0.29) is 5.82 Å². The second kappa shape index (κ2) is 4.15. The summed E-state index contributed by atoms with van der Waals surface area (Å²) in [5.41, 5.74) is 3.02. The Bertz CT molecular complexity index is 396. The number of likely N-dealkylation sites (N-methyl/N-ethyl adjacent to an activating group) is 1. The van der Waals surface area contributed by atoms with Gasteiger partial charge in [0.1, 0.15) is 5.82 Å². The lowest BCUT2D eigenvalue weighted by Crippen LogP contribution is -2.23. The summed E-state index contributed by atoms with van der Waals surface area (Å²) in [7, 11) is 2.10. The highest BCUT2D eigenvalue weighted by molar-refractivity contribution is 5.66.